The molecule has 2 N–H and O–H groups in total. The average Bonchev–Trinajstić information content (AvgIpc) is 2.03. The van der Waals surface area contributed by atoms with Crippen LogP contribution in [0, 0.1) is 0 Å². The minimum atomic E-state index is 0.187. The van der Waals surface area contributed by atoms with Crippen molar-refractivity contribution in [1.29, 1.82) is 0 Å². The summed E-state index contributed by atoms with van der Waals surface area (Å²) in [7, 11) is 0. The van der Waals surface area contributed by atoms with Gasteiger partial charge in [-0.3, -0.25) is 0 Å². The van der Waals surface area contributed by atoms with Crippen LogP contribution in [0.3, 0.4) is 0 Å². The van der Waals surface area contributed by atoms with E-state index in [0.29, 0.717) is 5.71 Å². The van der Waals surface area contributed by atoms with Crippen molar-refractivity contribution in [3.05, 3.63) is 23.8 Å². The van der Waals surface area contributed by atoms with Crippen LogP contribution in [0.1, 0.15) is 12.5 Å². The number of oxime groups is 1. The van der Waals surface area contributed by atoms with Crippen molar-refractivity contribution in [2.45, 2.75) is 6.92 Å². The van der Waals surface area contributed by atoms with Crippen LogP contribution in [0.25, 0.3) is 0 Å². The van der Waals surface area contributed by atoms with Gasteiger partial charge in [0.15, 0.2) is 0 Å². The summed E-state index contributed by atoms with van der Waals surface area (Å²) in [5, 5.41) is 20.6. The van der Waals surface area contributed by atoms with Gasteiger partial charge in [-0.15, -0.1) is 0 Å². The summed E-state index contributed by atoms with van der Waals surface area (Å²) < 4.78 is 0.744. The molecule has 0 aromatic heterocycles. The summed E-state index contributed by atoms with van der Waals surface area (Å²) in [4.78, 5) is 0. The van der Waals surface area contributed by atoms with E-state index >= 15 is 0 Å². The van der Waals surface area contributed by atoms with E-state index in [9.17, 15) is 0 Å². The predicted octanol–water partition coefficient (Wildman–Crippen LogP) is 0.762. The molecule has 0 aliphatic heterocycles. The molecule has 0 aliphatic carbocycles. The van der Waals surface area contributed by atoms with Crippen LogP contribution in [0.5, 0.6) is 5.75 Å². The second kappa shape index (κ2) is 3.70. The number of nitrogens with zero attached hydrogens (tertiary/aromatic N) is 1. The Hall–Kier alpha value is -0.848. The van der Waals surface area contributed by atoms with Crippen LogP contribution in [0.15, 0.2) is 23.4 Å². The first-order valence-electron chi connectivity index (χ1n) is 3.29. The molecule has 0 bridgehead atoms. The number of hydrogen-bond donors (Lipinski definition) is 2. The Morgan fingerprint density at radius 3 is 2.67 bits per heavy atom. The fourth-order valence-electron chi connectivity index (χ4n) is 0.826. The summed E-state index contributed by atoms with van der Waals surface area (Å²) in [5.74, 6) is 0.187. The van der Waals surface area contributed by atoms with Gasteiger partial charge in [-0.25, -0.2) is 0 Å². The Kier molecular flexibility index (Phi) is 2.85. The predicted molar refractivity (Wildman–Crippen MR) is 41.7 cm³/mol. The molecule has 0 amide bonds. The zero-order valence-electron chi connectivity index (χ0n) is 6.39. The van der Waals surface area contributed by atoms with E-state index in [1.165, 1.54) is 0 Å². The number of hydrogen-bond acceptors (Lipinski definition) is 3. The summed E-state index contributed by atoms with van der Waals surface area (Å²) in [6.45, 7) is 1.68. The standard InChI is InChI=1S/C8H8NO2.Pd/c1-6(9-11)7-2-4-8(10)5-3-7;/h2,4-5,10-11H,1H3;. The fourth-order valence-corrected chi connectivity index (χ4v) is 1.47. The molecule has 3 nitrogen and oxygen atoms in total. The molecule has 12 heavy (non-hydrogen) atoms. The summed E-state index contributed by atoms with van der Waals surface area (Å²) in [6, 6.07) is 4.79. The van der Waals surface area contributed by atoms with E-state index in [1.54, 1.807) is 25.1 Å². The van der Waals surface area contributed by atoms with Crippen LogP contribution in [-0.4, -0.2) is 16.0 Å². The van der Waals surface area contributed by atoms with Crippen molar-refractivity contribution in [2.75, 3.05) is 0 Å². The van der Waals surface area contributed by atoms with Gasteiger partial charge in [0.05, 0.1) is 0 Å². The fraction of sp³-hybridized carbons (Fsp3) is 0.125. The summed E-state index contributed by atoms with van der Waals surface area (Å²) >= 11 is 2.96. The van der Waals surface area contributed by atoms with E-state index in [4.69, 9.17) is 10.3 Å². The van der Waals surface area contributed by atoms with Crippen LogP contribution >= 0.6 is 0 Å². The van der Waals surface area contributed by atoms with E-state index in [2.05, 4.69) is 24.4 Å². The summed E-state index contributed by atoms with van der Waals surface area (Å²) in [6.07, 6.45) is 0. The molecule has 0 spiro atoms. The van der Waals surface area contributed by atoms with E-state index in [0.717, 1.165) is 9.60 Å². The van der Waals surface area contributed by atoms with Gasteiger partial charge in [0.25, 0.3) is 0 Å². The number of phenolic OH excluding ortho intramolecular Hbond substituents is 1. The molecule has 4 heteroatoms. The van der Waals surface area contributed by atoms with Crippen LogP contribution in [0.2, 0.25) is 0 Å². The van der Waals surface area contributed by atoms with Crippen LogP contribution in [-0.2, 0) is 19.2 Å². The molecule has 1 rings (SSSR count). The Bertz CT molecular complexity index is 323. The first-order valence-corrected chi connectivity index (χ1v) is 4.07. The van der Waals surface area contributed by atoms with Gasteiger partial charge >= 0.3 is 80.9 Å². The summed E-state index contributed by atoms with van der Waals surface area (Å²) in [5.41, 5.74) is 1.29. The zero-order valence-corrected chi connectivity index (χ0v) is 7.94. The van der Waals surface area contributed by atoms with E-state index in [-0.39, 0.29) is 5.75 Å². The molecule has 0 saturated heterocycles. The van der Waals surface area contributed by atoms with Gasteiger partial charge in [-0.05, 0) is 0 Å². The van der Waals surface area contributed by atoms with Crippen molar-refractivity contribution in [1.82, 2.24) is 0 Å². The average molecular weight is 257 g/mol. The molecule has 0 aliphatic rings. The Morgan fingerprint density at radius 1 is 1.50 bits per heavy atom. The molecule has 0 fully saturated rings. The third-order valence-electron chi connectivity index (χ3n) is 1.47. The molecule has 0 heterocycles. The van der Waals surface area contributed by atoms with Crippen LogP contribution < -0.4 is 4.04 Å². The van der Waals surface area contributed by atoms with Crippen molar-refractivity contribution in [3.8, 4) is 5.75 Å². The van der Waals surface area contributed by atoms with Crippen molar-refractivity contribution in [2.24, 2.45) is 5.16 Å². The van der Waals surface area contributed by atoms with Gasteiger partial charge < -0.3 is 0 Å². The Morgan fingerprint density at radius 2 is 2.17 bits per heavy atom. The van der Waals surface area contributed by atoms with Gasteiger partial charge in [0.2, 0.25) is 0 Å². The van der Waals surface area contributed by atoms with E-state index < -0.39 is 0 Å². The molecular weight excluding hydrogens is 249 g/mol. The van der Waals surface area contributed by atoms with Crippen molar-refractivity contribution in [3.63, 3.8) is 0 Å². The number of benzene rings is 1. The normalized spacial score (nSPS) is 11.8. The van der Waals surface area contributed by atoms with Gasteiger partial charge in [-0.2, -0.15) is 0 Å². The first kappa shape index (κ1) is 9.24. The molecule has 0 atom stereocenters. The first-order chi connectivity index (χ1) is 5.65. The topological polar surface area (TPSA) is 52.8 Å². The third-order valence-corrected chi connectivity index (χ3v) is 2.11. The minimum absolute atomic E-state index is 0.187. The number of aromatic hydroxyl groups is 1. The quantitative estimate of drug-likeness (QED) is 0.337. The number of phenols is 1. The maximum absolute atomic E-state index is 9.07. The van der Waals surface area contributed by atoms with E-state index in [1.807, 2.05) is 0 Å². The molecule has 0 unspecified atom stereocenters. The maximum atomic E-state index is 9.07. The second-order valence-corrected chi connectivity index (χ2v) is 3.15. The SMILES string of the molecule is CC(=NO)c1ccc(O)c[c]1[Pd]. The second-order valence-electron chi connectivity index (χ2n) is 2.32. The molecule has 67 valence electrons. The zero-order chi connectivity index (χ0) is 9.14. The molecule has 1 aromatic rings. The molecule has 0 saturated carbocycles. The Balaban J connectivity index is 3.18. The van der Waals surface area contributed by atoms with Crippen LogP contribution in [0.4, 0.5) is 0 Å². The van der Waals surface area contributed by atoms with Gasteiger partial charge in [0.1, 0.15) is 0 Å². The van der Waals surface area contributed by atoms with Gasteiger partial charge in [-0.1, -0.05) is 0 Å². The van der Waals surface area contributed by atoms with Crippen molar-refractivity contribution >= 4 is 9.75 Å². The number of rotatable bonds is 1. The monoisotopic (exact) mass is 256 g/mol. The molecular formula is C8H8NO2Pd. The van der Waals surface area contributed by atoms with Crippen molar-refractivity contribution < 1.29 is 29.5 Å². The molecule has 0 radical (unpaired) electrons. The van der Waals surface area contributed by atoms with Gasteiger partial charge in [0, 0.05) is 0 Å². The molecule has 1 aromatic carbocycles. The third kappa shape index (κ3) is 1.85. The Labute approximate surface area is 81.1 Å².